The minimum absolute atomic E-state index is 0.118. The number of hydrogen-bond donors (Lipinski definition) is 2. The molecule has 1 atom stereocenters. The highest BCUT2D eigenvalue weighted by Gasteiger charge is 2.27. The first-order chi connectivity index (χ1) is 10.1. The number of carbonyl (C=O) groups excluding carboxylic acids is 1. The summed E-state index contributed by atoms with van der Waals surface area (Å²) in [5.74, 6) is -1.06. The van der Waals surface area contributed by atoms with Crippen molar-refractivity contribution in [3.8, 4) is 0 Å². The number of hydrogen-bond acceptors (Lipinski definition) is 4. The van der Waals surface area contributed by atoms with Crippen molar-refractivity contribution in [1.29, 1.82) is 0 Å². The van der Waals surface area contributed by atoms with E-state index in [0.717, 1.165) is 49.2 Å². The molecule has 1 aromatic rings. The Hall–Kier alpha value is -1.40. The summed E-state index contributed by atoms with van der Waals surface area (Å²) in [7, 11) is 0. The van der Waals surface area contributed by atoms with Crippen molar-refractivity contribution in [3.63, 3.8) is 0 Å². The van der Waals surface area contributed by atoms with Crippen molar-refractivity contribution in [2.24, 2.45) is 0 Å². The number of anilines is 1. The van der Waals surface area contributed by atoms with E-state index in [1.54, 1.807) is 0 Å². The Morgan fingerprint density at radius 3 is 2.90 bits per heavy atom. The van der Waals surface area contributed by atoms with E-state index >= 15 is 0 Å². The van der Waals surface area contributed by atoms with Gasteiger partial charge in [0.2, 0.25) is 5.91 Å². The lowest BCUT2D eigenvalue weighted by Crippen LogP contribution is -2.16. The zero-order valence-corrected chi connectivity index (χ0v) is 12.6. The highest BCUT2D eigenvalue weighted by Crippen LogP contribution is 2.39. The van der Waals surface area contributed by atoms with Gasteiger partial charge in [0.15, 0.2) is 0 Å². The van der Waals surface area contributed by atoms with Crippen LogP contribution in [0.3, 0.4) is 0 Å². The molecule has 3 rings (SSSR count). The maximum Gasteiger partial charge on any atom is 0.339 e. The topological polar surface area (TPSA) is 75.6 Å². The van der Waals surface area contributed by atoms with Crippen molar-refractivity contribution in [2.45, 2.75) is 51.0 Å². The first-order valence-corrected chi connectivity index (χ1v) is 8.26. The van der Waals surface area contributed by atoms with Gasteiger partial charge in [0, 0.05) is 17.9 Å². The lowest BCUT2D eigenvalue weighted by molar-refractivity contribution is -0.116. The van der Waals surface area contributed by atoms with Crippen LogP contribution in [0.4, 0.5) is 5.00 Å². The lowest BCUT2D eigenvalue weighted by atomic mass is 10.1. The number of ether oxygens (including phenoxy) is 1. The summed E-state index contributed by atoms with van der Waals surface area (Å²) in [6.45, 7) is 0.785. The fraction of sp³-hybridized carbons (Fsp3) is 0.600. The van der Waals surface area contributed by atoms with Crippen LogP contribution in [0.15, 0.2) is 0 Å². The molecule has 1 aliphatic heterocycles. The molecule has 2 aliphatic rings. The van der Waals surface area contributed by atoms with E-state index in [2.05, 4.69) is 5.32 Å². The molecule has 1 saturated heterocycles. The molecular formula is C15H19NO4S. The van der Waals surface area contributed by atoms with E-state index in [0.29, 0.717) is 23.4 Å². The Labute approximate surface area is 127 Å². The van der Waals surface area contributed by atoms with Crippen LogP contribution in [-0.4, -0.2) is 29.7 Å². The third kappa shape index (κ3) is 3.11. The lowest BCUT2D eigenvalue weighted by Gasteiger charge is -2.09. The molecule has 1 amide bonds. The van der Waals surface area contributed by atoms with E-state index in [1.807, 2.05) is 0 Å². The van der Waals surface area contributed by atoms with Gasteiger partial charge in [-0.3, -0.25) is 4.79 Å². The Morgan fingerprint density at radius 1 is 1.33 bits per heavy atom. The number of carbonyl (C=O) groups is 2. The molecule has 6 heteroatoms. The fourth-order valence-corrected chi connectivity index (χ4v) is 4.37. The largest absolute Gasteiger partial charge is 0.478 e. The maximum absolute atomic E-state index is 12.0. The number of fused-ring (bicyclic) bond motifs is 1. The smallest absolute Gasteiger partial charge is 0.339 e. The first-order valence-electron chi connectivity index (χ1n) is 7.44. The Bertz CT molecular complexity index is 560. The summed E-state index contributed by atoms with van der Waals surface area (Å²) < 4.78 is 5.49. The van der Waals surface area contributed by atoms with Crippen molar-refractivity contribution >= 4 is 28.2 Å². The van der Waals surface area contributed by atoms with Crippen LogP contribution in [0.2, 0.25) is 0 Å². The van der Waals surface area contributed by atoms with Gasteiger partial charge in [0.1, 0.15) is 5.00 Å². The van der Waals surface area contributed by atoms with Gasteiger partial charge >= 0.3 is 5.97 Å². The molecule has 0 radical (unpaired) electrons. The van der Waals surface area contributed by atoms with Gasteiger partial charge in [-0.2, -0.15) is 0 Å². The zero-order valence-electron chi connectivity index (χ0n) is 11.8. The molecular weight excluding hydrogens is 290 g/mol. The number of rotatable bonds is 5. The van der Waals surface area contributed by atoms with Crippen LogP contribution in [0.1, 0.15) is 52.9 Å². The second-order valence-electron chi connectivity index (χ2n) is 5.59. The predicted octanol–water partition coefficient (Wildman–Crippen LogP) is 2.83. The third-order valence-electron chi connectivity index (χ3n) is 4.11. The third-order valence-corrected chi connectivity index (χ3v) is 5.31. The second-order valence-corrected chi connectivity index (χ2v) is 6.69. The predicted molar refractivity (Wildman–Crippen MR) is 80.1 cm³/mol. The quantitative estimate of drug-likeness (QED) is 0.877. The molecule has 114 valence electrons. The van der Waals surface area contributed by atoms with Crippen LogP contribution >= 0.6 is 11.3 Å². The zero-order chi connectivity index (χ0) is 14.8. The van der Waals surface area contributed by atoms with Gasteiger partial charge in [-0.15, -0.1) is 11.3 Å². The number of thiophene rings is 1. The van der Waals surface area contributed by atoms with E-state index in [-0.39, 0.29) is 12.0 Å². The van der Waals surface area contributed by atoms with Gasteiger partial charge in [-0.25, -0.2) is 4.79 Å². The van der Waals surface area contributed by atoms with Crippen molar-refractivity contribution in [1.82, 2.24) is 0 Å². The number of nitrogens with one attached hydrogen (secondary N) is 1. The number of aromatic carboxylic acids is 1. The average molecular weight is 309 g/mol. The van der Waals surface area contributed by atoms with Crippen LogP contribution in [-0.2, 0) is 22.4 Å². The summed E-state index contributed by atoms with van der Waals surface area (Å²) in [6, 6.07) is 0. The van der Waals surface area contributed by atoms with Crippen molar-refractivity contribution in [3.05, 3.63) is 16.0 Å². The Morgan fingerprint density at radius 2 is 2.19 bits per heavy atom. The Kier molecular flexibility index (Phi) is 4.26. The number of carboxylic acid groups (broad SMARTS) is 1. The van der Waals surface area contributed by atoms with Gasteiger partial charge in [-0.05, 0) is 44.1 Å². The number of amides is 1. The normalized spacial score (nSPS) is 20.5. The van der Waals surface area contributed by atoms with Gasteiger partial charge in [0.25, 0.3) is 0 Å². The minimum atomic E-state index is -0.941. The summed E-state index contributed by atoms with van der Waals surface area (Å²) in [4.78, 5) is 24.6. The number of carboxylic acids is 1. The molecule has 0 aromatic carbocycles. The molecule has 21 heavy (non-hydrogen) atoms. The van der Waals surface area contributed by atoms with Gasteiger partial charge in [-0.1, -0.05) is 0 Å². The number of aryl methyl sites for hydroxylation is 1. The second kappa shape index (κ2) is 6.15. The average Bonchev–Trinajstić information content (AvgIpc) is 3.11. The molecule has 0 spiro atoms. The molecule has 5 nitrogen and oxygen atoms in total. The van der Waals surface area contributed by atoms with Crippen LogP contribution in [0.25, 0.3) is 0 Å². The SMILES string of the molecule is O=C(CCC1CCCO1)Nc1sc2c(c1C(=O)O)CCC2. The van der Waals surface area contributed by atoms with Crippen molar-refractivity contribution in [2.75, 3.05) is 11.9 Å². The van der Waals surface area contributed by atoms with E-state index in [9.17, 15) is 14.7 Å². The highest BCUT2D eigenvalue weighted by atomic mass is 32.1. The summed E-state index contributed by atoms with van der Waals surface area (Å²) in [6.07, 6.45) is 6.09. The fourth-order valence-electron chi connectivity index (χ4n) is 3.07. The van der Waals surface area contributed by atoms with E-state index < -0.39 is 5.97 Å². The first kappa shape index (κ1) is 14.5. The molecule has 2 N–H and O–H groups in total. The van der Waals surface area contributed by atoms with Crippen LogP contribution in [0, 0.1) is 0 Å². The molecule has 2 heterocycles. The van der Waals surface area contributed by atoms with Crippen molar-refractivity contribution < 1.29 is 19.4 Å². The summed E-state index contributed by atoms with van der Waals surface area (Å²) in [5, 5.41) is 12.7. The Balaban J connectivity index is 1.64. The van der Waals surface area contributed by atoms with Crippen LogP contribution < -0.4 is 5.32 Å². The van der Waals surface area contributed by atoms with E-state index in [1.165, 1.54) is 11.3 Å². The highest BCUT2D eigenvalue weighted by molar-refractivity contribution is 7.17. The molecule has 0 saturated carbocycles. The summed E-state index contributed by atoms with van der Waals surface area (Å²) >= 11 is 1.42. The molecule has 1 aromatic heterocycles. The maximum atomic E-state index is 12.0. The van der Waals surface area contributed by atoms with Gasteiger partial charge < -0.3 is 15.2 Å². The van der Waals surface area contributed by atoms with Gasteiger partial charge in [0.05, 0.1) is 11.7 Å². The van der Waals surface area contributed by atoms with Crippen LogP contribution in [0.5, 0.6) is 0 Å². The molecule has 1 unspecified atom stereocenters. The molecule has 1 fully saturated rings. The standard InChI is InChI=1S/C15H19NO4S/c17-12(7-6-9-3-2-8-20-9)16-14-13(15(18)19)10-4-1-5-11(10)21-14/h9H,1-8H2,(H,16,17)(H,18,19). The van der Waals surface area contributed by atoms with E-state index in [4.69, 9.17) is 4.74 Å². The molecule has 1 aliphatic carbocycles. The summed E-state index contributed by atoms with van der Waals surface area (Å²) in [5.41, 5.74) is 1.22. The molecule has 0 bridgehead atoms. The minimum Gasteiger partial charge on any atom is -0.478 e. The monoisotopic (exact) mass is 309 g/mol.